The Morgan fingerprint density at radius 3 is 1.90 bits per heavy atom. The molecule has 0 amide bonds. The zero-order valence-electron chi connectivity index (χ0n) is 12.1. The Morgan fingerprint density at radius 2 is 1.33 bits per heavy atom. The average molecular weight is 412 g/mol. The predicted molar refractivity (Wildman–Crippen MR) is 82.5 cm³/mol. The van der Waals surface area contributed by atoms with Crippen LogP contribution in [0.5, 0.6) is 0 Å². The molecule has 0 saturated carbocycles. The molecule has 0 fully saturated rings. The zero-order chi connectivity index (χ0) is 12.8. The molecule has 0 unspecified atom stereocenters. The Labute approximate surface area is 161 Å². The van der Waals surface area contributed by atoms with Crippen LogP contribution in [0.25, 0.3) is 21.9 Å². The summed E-state index contributed by atoms with van der Waals surface area (Å²) in [6.07, 6.45) is 0. The third-order valence-corrected chi connectivity index (χ3v) is 2.73. The van der Waals surface area contributed by atoms with E-state index in [9.17, 15) is 0 Å². The van der Waals surface area contributed by atoms with Gasteiger partial charge in [0.2, 0.25) is 0 Å². The van der Waals surface area contributed by atoms with E-state index in [2.05, 4.69) is 73.8 Å². The van der Waals surface area contributed by atoms with E-state index in [4.69, 9.17) is 0 Å². The van der Waals surface area contributed by atoms with Gasteiger partial charge in [0.25, 0.3) is 0 Å². The normalized spacial score (nSPS) is 8.48. The van der Waals surface area contributed by atoms with Gasteiger partial charge < -0.3 is 24.8 Å². The van der Waals surface area contributed by atoms with Crippen LogP contribution < -0.4 is 24.8 Å². The van der Waals surface area contributed by atoms with Crippen molar-refractivity contribution in [2.24, 2.45) is 0 Å². The number of halogens is 2. The summed E-state index contributed by atoms with van der Waals surface area (Å²) in [5.74, 6) is 0. The minimum atomic E-state index is 0. The monoisotopic (exact) mass is 409 g/mol. The van der Waals surface area contributed by atoms with Gasteiger partial charge in [0.1, 0.15) is 0 Å². The molecular weight excluding hydrogens is 394 g/mol. The number of benzene rings is 2. The molecule has 4 heteroatoms. The van der Waals surface area contributed by atoms with E-state index in [0.29, 0.717) is 0 Å². The third-order valence-electron chi connectivity index (χ3n) is 2.73. The summed E-state index contributed by atoms with van der Waals surface area (Å²) in [5, 5.41) is 2.63. The van der Waals surface area contributed by atoms with Crippen LogP contribution in [0, 0.1) is 0 Å². The molecule has 3 rings (SSSR count). The summed E-state index contributed by atoms with van der Waals surface area (Å²) in [4.78, 5) is 0. The van der Waals surface area contributed by atoms with E-state index in [-0.39, 0.29) is 51.0 Å². The van der Waals surface area contributed by atoms with E-state index >= 15 is 0 Å². The number of hydrogen-bond acceptors (Lipinski definition) is 0. The van der Waals surface area contributed by atoms with E-state index in [1.165, 1.54) is 21.9 Å². The van der Waals surface area contributed by atoms with Gasteiger partial charge in [-0.15, -0.1) is 34.5 Å². The first-order valence-electron chi connectivity index (χ1n) is 6.14. The third kappa shape index (κ3) is 6.57. The summed E-state index contributed by atoms with van der Waals surface area (Å²) < 4.78 is 0. The van der Waals surface area contributed by atoms with Crippen molar-refractivity contribution in [1.82, 2.24) is 0 Å². The fourth-order valence-electron chi connectivity index (χ4n) is 1.95. The average Bonchev–Trinajstić information content (AvgIpc) is 2.84. The Hall–Kier alpha value is -0.270. The molecule has 107 valence electrons. The molecule has 21 heavy (non-hydrogen) atoms. The van der Waals surface area contributed by atoms with Crippen molar-refractivity contribution in [3.8, 4) is 11.1 Å². The first kappa shape index (κ1) is 23.0. The van der Waals surface area contributed by atoms with Crippen molar-refractivity contribution in [2.75, 3.05) is 0 Å². The zero-order valence-corrected chi connectivity index (χ0v) is 17.1. The molecule has 0 atom stereocenters. The molecule has 3 aromatic carbocycles. The van der Waals surface area contributed by atoms with Gasteiger partial charge in [0, 0.05) is 9.52 Å². The standard InChI is InChI=1S/C15H11.C2H6Si.2ClH.Zr/c1-2-6-12(7-3-1)15-10-13-8-4-5-9-14(13)11-15;1-3-2;;;/h1-11H;1-2H3;2*1H;/q-1;;;;+3/p-2. The molecule has 0 nitrogen and oxygen atoms in total. The van der Waals surface area contributed by atoms with Gasteiger partial charge in [-0.2, -0.15) is 0 Å². The quantitative estimate of drug-likeness (QED) is 0.357. The van der Waals surface area contributed by atoms with Gasteiger partial charge in [-0.3, -0.25) is 0 Å². The van der Waals surface area contributed by atoms with Crippen LogP contribution >= 0.6 is 0 Å². The summed E-state index contributed by atoms with van der Waals surface area (Å²) in [7, 11) is 1.08. The van der Waals surface area contributed by atoms with Crippen molar-refractivity contribution in [1.29, 1.82) is 0 Å². The fourth-order valence-corrected chi connectivity index (χ4v) is 1.95. The first-order chi connectivity index (χ1) is 8.85. The van der Waals surface area contributed by atoms with Crippen LogP contribution in [0.4, 0.5) is 0 Å². The van der Waals surface area contributed by atoms with Crippen molar-refractivity contribution in [3.05, 3.63) is 66.7 Å². The van der Waals surface area contributed by atoms with Crippen LogP contribution in [0.2, 0.25) is 13.1 Å². The maximum atomic E-state index is 2.24. The van der Waals surface area contributed by atoms with Crippen LogP contribution in [0.3, 0.4) is 0 Å². The van der Waals surface area contributed by atoms with Crippen LogP contribution in [-0.4, -0.2) is 9.52 Å². The Kier molecular flexibility index (Phi) is 13.5. The molecule has 3 aromatic rings. The first-order valence-corrected chi connectivity index (χ1v) is 8.14. The van der Waals surface area contributed by atoms with Crippen LogP contribution in [-0.2, 0) is 26.2 Å². The van der Waals surface area contributed by atoms with Gasteiger partial charge in [0.15, 0.2) is 0 Å². The molecule has 0 aliphatic carbocycles. The molecule has 3 radical (unpaired) electrons. The van der Waals surface area contributed by atoms with Crippen molar-refractivity contribution in [3.63, 3.8) is 0 Å². The second-order valence-corrected chi connectivity index (χ2v) is 5.24. The Balaban J connectivity index is 0. The SMILES string of the molecule is C[Si]C.[Cl-].[Cl-].[Zr+3].c1ccc(-c2cc3ccccc3[cH-]2)cc1. The van der Waals surface area contributed by atoms with Crippen LogP contribution in [0.15, 0.2) is 66.7 Å². The second-order valence-electron chi connectivity index (χ2n) is 4.24. The van der Waals surface area contributed by atoms with Gasteiger partial charge in [-0.05, 0) is 0 Å². The maximum Gasteiger partial charge on any atom is 3.00 e. The van der Waals surface area contributed by atoms with Gasteiger partial charge in [-0.1, -0.05) is 67.2 Å². The van der Waals surface area contributed by atoms with Crippen molar-refractivity contribution in [2.45, 2.75) is 13.1 Å². The molecule has 0 bridgehead atoms. The van der Waals surface area contributed by atoms with E-state index in [1.54, 1.807) is 0 Å². The minimum Gasteiger partial charge on any atom is -1.00 e. The van der Waals surface area contributed by atoms with Gasteiger partial charge in [-0.25, -0.2) is 0 Å². The second kappa shape index (κ2) is 12.3. The number of fused-ring (bicyclic) bond motifs is 1. The van der Waals surface area contributed by atoms with E-state index < -0.39 is 0 Å². The summed E-state index contributed by atoms with van der Waals surface area (Å²) in [6.45, 7) is 4.31. The topological polar surface area (TPSA) is 0 Å². The molecule has 0 aliphatic heterocycles. The van der Waals surface area contributed by atoms with Crippen molar-refractivity contribution >= 4 is 20.3 Å². The summed E-state index contributed by atoms with van der Waals surface area (Å²) in [5.41, 5.74) is 2.59. The minimum absolute atomic E-state index is 0. The fraction of sp³-hybridized carbons (Fsp3) is 0.118. The predicted octanol–water partition coefficient (Wildman–Crippen LogP) is -0.982. The van der Waals surface area contributed by atoms with Crippen LogP contribution in [0.1, 0.15) is 0 Å². The van der Waals surface area contributed by atoms with Gasteiger partial charge >= 0.3 is 26.2 Å². The smallest absolute Gasteiger partial charge is 1.00 e. The molecule has 0 N–H and O–H groups in total. The van der Waals surface area contributed by atoms with E-state index in [0.717, 1.165) is 9.52 Å². The van der Waals surface area contributed by atoms with Crippen molar-refractivity contribution < 1.29 is 51.0 Å². The molecule has 0 aromatic heterocycles. The maximum absolute atomic E-state index is 2.24. The Morgan fingerprint density at radius 1 is 0.810 bits per heavy atom. The molecule has 0 aliphatic rings. The molecule has 0 saturated heterocycles. The Bertz CT molecular complexity index is 575. The molecule has 0 heterocycles. The number of hydrogen-bond donors (Lipinski definition) is 0. The largest absolute Gasteiger partial charge is 3.00 e. The molecule has 0 spiro atoms. The summed E-state index contributed by atoms with van der Waals surface area (Å²) >= 11 is 0. The van der Waals surface area contributed by atoms with E-state index in [1.807, 2.05) is 6.07 Å². The molecular formula is C17H17Cl2SiZr. The van der Waals surface area contributed by atoms with Gasteiger partial charge in [0.05, 0.1) is 0 Å². The summed E-state index contributed by atoms with van der Waals surface area (Å²) in [6, 6.07) is 23.4. The number of rotatable bonds is 1.